The molecule has 0 saturated heterocycles. The summed E-state index contributed by atoms with van der Waals surface area (Å²) in [5, 5.41) is 5.16. The fourth-order valence-corrected chi connectivity index (χ4v) is 1.56. The molecule has 19 heavy (non-hydrogen) atoms. The Hall–Kier alpha value is -1.91. The minimum Gasteiger partial charge on any atom is -0.352 e. The maximum atomic E-state index is 13.5. The average Bonchev–Trinajstić information content (AvgIpc) is 2.31. The molecule has 0 heterocycles. The first-order chi connectivity index (χ1) is 8.81. The molecule has 0 aromatic heterocycles. The number of carbonyl (C=O) groups excluding carboxylic acids is 2. The first-order valence-corrected chi connectivity index (χ1v) is 6.18. The summed E-state index contributed by atoms with van der Waals surface area (Å²) in [4.78, 5) is 23.5. The molecule has 0 spiro atoms. The van der Waals surface area contributed by atoms with Crippen LogP contribution in [0.25, 0.3) is 0 Å². The van der Waals surface area contributed by atoms with E-state index in [1.165, 1.54) is 12.1 Å². The lowest BCUT2D eigenvalue weighted by molar-refractivity contribution is -0.123. The fraction of sp³-hybridized carbons (Fsp3) is 0.429. The Kier molecular flexibility index (Phi) is 5.03. The van der Waals surface area contributed by atoms with Crippen molar-refractivity contribution in [1.82, 2.24) is 10.6 Å². The third-order valence-electron chi connectivity index (χ3n) is 2.54. The maximum absolute atomic E-state index is 13.5. The van der Waals surface area contributed by atoms with Crippen LogP contribution in [0.2, 0.25) is 0 Å². The van der Waals surface area contributed by atoms with Crippen molar-refractivity contribution in [3.8, 4) is 0 Å². The summed E-state index contributed by atoms with van der Waals surface area (Å²) in [6, 6.07) is 3.55. The van der Waals surface area contributed by atoms with Gasteiger partial charge in [0.2, 0.25) is 5.91 Å². The van der Waals surface area contributed by atoms with Crippen molar-refractivity contribution in [2.45, 2.75) is 39.8 Å². The van der Waals surface area contributed by atoms with Gasteiger partial charge in [0.05, 0.1) is 5.56 Å². The van der Waals surface area contributed by atoms with E-state index in [2.05, 4.69) is 10.6 Å². The van der Waals surface area contributed by atoms with E-state index in [9.17, 15) is 14.0 Å². The van der Waals surface area contributed by atoms with E-state index in [-0.39, 0.29) is 17.5 Å². The van der Waals surface area contributed by atoms with Crippen LogP contribution in [0.5, 0.6) is 0 Å². The first kappa shape index (κ1) is 15.1. The molecular formula is C14H19FN2O2. The van der Waals surface area contributed by atoms with Crippen LogP contribution in [0.3, 0.4) is 0 Å². The Bertz CT molecular complexity index is 486. The van der Waals surface area contributed by atoms with Gasteiger partial charge in [0.15, 0.2) is 0 Å². The quantitative estimate of drug-likeness (QED) is 0.872. The van der Waals surface area contributed by atoms with Crippen molar-refractivity contribution in [2.75, 3.05) is 0 Å². The van der Waals surface area contributed by atoms with Gasteiger partial charge in [-0.15, -0.1) is 0 Å². The molecule has 1 aromatic rings. The summed E-state index contributed by atoms with van der Waals surface area (Å²) in [5.41, 5.74) is 0.732. The monoisotopic (exact) mass is 266 g/mol. The Balaban J connectivity index is 2.74. The van der Waals surface area contributed by atoms with Crippen LogP contribution in [0, 0.1) is 12.7 Å². The van der Waals surface area contributed by atoms with E-state index >= 15 is 0 Å². The van der Waals surface area contributed by atoms with E-state index in [0.717, 1.165) is 5.56 Å². The topological polar surface area (TPSA) is 58.2 Å². The summed E-state index contributed by atoms with van der Waals surface area (Å²) >= 11 is 0. The van der Waals surface area contributed by atoms with E-state index in [1.807, 2.05) is 13.8 Å². The highest BCUT2D eigenvalue weighted by molar-refractivity contribution is 5.97. The highest BCUT2D eigenvalue weighted by Crippen LogP contribution is 2.10. The van der Waals surface area contributed by atoms with E-state index in [0.29, 0.717) is 0 Å². The van der Waals surface area contributed by atoms with Gasteiger partial charge in [0.25, 0.3) is 5.91 Å². The third-order valence-corrected chi connectivity index (χ3v) is 2.54. The van der Waals surface area contributed by atoms with Crippen molar-refractivity contribution in [3.63, 3.8) is 0 Å². The number of benzene rings is 1. The molecule has 0 saturated carbocycles. The van der Waals surface area contributed by atoms with Gasteiger partial charge in [-0.1, -0.05) is 11.6 Å². The van der Waals surface area contributed by atoms with Gasteiger partial charge in [-0.05, 0) is 39.8 Å². The van der Waals surface area contributed by atoms with Crippen molar-refractivity contribution in [2.24, 2.45) is 0 Å². The molecule has 1 unspecified atom stereocenters. The molecule has 0 bridgehead atoms. The molecule has 104 valence electrons. The molecule has 4 nitrogen and oxygen atoms in total. The summed E-state index contributed by atoms with van der Waals surface area (Å²) in [5.74, 6) is -1.48. The number of hydrogen-bond donors (Lipinski definition) is 2. The molecule has 2 amide bonds. The van der Waals surface area contributed by atoms with Gasteiger partial charge in [-0.25, -0.2) is 4.39 Å². The first-order valence-electron chi connectivity index (χ1n) is 6.18. The summed E-state index contributed by atoms with van der Waals surface area (Å²) in [6.07, 6.45) is 0. The van der Waals surface area contributed by atoms with Crippen LogP contribution in [0.4, 0.5) is 4.39 Å². The lowest BCUT2D eigenvalue weighted by atomic mass is 10.1. The van der Waals surface area contributed by atoms with E-state index < -0.39 is 17.8 Å². The number of aryl methyl sites for hydroxylation is 1. The lowest BCUT2D eigenvalue weighted by Crippen LogP contribution is -2.46. The Morgan fingerprint density at radius 3 is 2.37 bits per heavy atom. The predicted octanol–water partition coefficient (Wildman–Crippen LogP) is 1.78. The summed E-state index contributed by atoms with van der Waals surface area (Å²) in [7, 11) is 0. The predicted molar refractivity (Wildman–Crippen MR) is 71.3 cm³/mol. The van der Waals surface area contributed by atoms with Crippen LogP contribution < -0.4 is 10.6 Å². The highest BCUT2D eigenvalue weighted by atomic mass is 19.1. The van der Waals surface area contributed by atoms with Crippen LogP contribution in [-0.4, -0.2) is 23.9 Å². The zero-order chi connectivity index (χ0) is 14.6. The normalized spacial score (nSPS) is 12.1. The number of carbonyl (C=O) groups is 2. The number of rotatable bonds is 4. The number of halogens is 1. The van der Waals surface area contributed by atoms with Crippen LogP contribution in [0.15, 0.2) is 18.2 Å². The van der Waals surface area contributed by atoms with Crippen molar-refractivity contribution in [3.05, 3.63) is 35.1 Å². The van der Waals surface area contributed by atoms with E-state index in [4.69, 9.17) is 0 Å². The second-order valence-corrected chi connectivity index (χ2v) is 4.84. The zero-order valence-electron chi connectivity index (χ0n) is 11.6. The maximum Gasteiger partial charge on any atom is 0.254 e. The number of nitrogens with one attached hydrogen (secondary N) is 2. The Labute approximate surface area is 112 Å². The molecule has 0 aliphatic heterocycles. The van der Waals surface area contributed by atoms with Gasteiger partial charge in [0, 0.05) is 6.04 Å². The second-order valence-electron chi connectivity index (χ2n) is 4.84. The molecule has 5 heteroatoms. The van der Waals surface area contributed by atoms with Gasteiger partial charge >= 0.3 is 0 Å². The number of amides is 2. The molecule has 0 radical (unpaired) electrons. The largest absolute Gasteiger partial charge is 0.352 e. The summed E-state index contributed by atoms with van der Waals surface area (Å²) in [6.45, 7) is 6.98. The molecule has 1 rings (SSSR count). The van der Waals surface area contributed by atoms with Crippen LogP contribution >= 0.6 is 0 Å². The Morgan fingerprint density at radius 2 is 1.79 bits per heavy atom. The van der Waals surface area contributed by atoms with Crippen LogP contribution in [-0.2, 0) is 4.79 Å². The van der Waals surface area contributed by atoms with Gasteiger partial charge < -0.3 is 10.6 Å². The number of hydrogen-bond acceptors (Lipinski definition) is 2. The molecule has 1 atom stereocenters. The van der Waals surface area contributed by atoms with Crippen molar-refractivity contribution >= 4 is 11.8 Å². The molecule has 1 aromatic carbocycles. The molecule has 0 aliphatic carbocycles. The third kappa shape index (κ3) is 4.35. The molecule has 2 N–H and O–H groups in total. The smallest absolute Gasteiger partial charge is 0.254 e. The standard InChI is InChI=1S/C14H19FN2O2/c1-8(2)16-13(18)10(4)17-14(19)11-7-9(3)5-6-12(11)15/h5-8,10H,1-4H3,(H,16,18)(H,17,19). The fourth-order valence-electron chi connectivity index (χ4n) is 1.56. The van der Waals surface area contributed by atoms with Crippen molar-refractivity contribution in [1.29, 1.82) is 0 Å². The Morgan fingerprint density at radius 1 is 1.16 bits per heavy atom. The van der Waals surface area contributed by atoms with Gasteiger partial charge in [-0.3, -0.25) is 9.59 Å². The van der Waals surface area contributed by atoms with Crippen LogP contribution in [0.1, 0.15) is 36.7 Å². The minimum absolute atomic E-state index is 0.0115. The molecular weight excluding hydrogens is 247 g/mol. The lowest BCUT2D eigenvalue weighted by Gasteiger charge is -2.16. The molecule has 0 fully saturated rings. The van der Waals surface area contributed by atoms with E-state index in [1.54, 1.807) is 19.9 Å². The SMILES string of the molecule is Cc1ccc(F)c(C(=O)NC(C)C(=O)NC(C)C)c1. The summed E-state index contributed by atoms with van der Waals surface area (Å²) < 4.78 is 13.5. The van der Waals surface area contributed by atoms with Crippen molar-refractivity contribution < 1.29 is 14.0 Å². The second kappa shape index (κ2) is 6.31. The minimum atomic E-state index is -0.713. The van der Waals surface area contributed by atoms with Gasteiger partial charge in [0.1, 0.15) is 11.9 Å². The van der Waals surface area contributed by atoms with Gasteiger partial charge in [-0.2, -0.15) is 0 Å². The highest BCUT2D eigenvalue weighted by Gasteiger charge is 2.19. The molecule has 0 aliphatic rings. The average molecular weight is 266 g/mol. The zero-order valence-corrected chi connectivity index (χ0v) is 11.6.